The topological polar surface area (TPSA) is 26.3 Å². The van der Waals surface area contributed by atoms with Gasteiger partial charge in [-0.1, -0.05) is 55.3 Å². The van der Waals surface area contributed by atoms with E-state index in [1.54, 1.807) is 0 Å². The summed E-state index contributed by atoms with van der Waals surface area (Å²) in [6.07, 6.45) is 2.26. The van der Waals surface area contributed by atoms with E-state index in [9.17, 15) is 4.79 Å². The molecule has 92 valence electrons. The van der Waals surface area contributed by atoms with E-state index in [-0.39, 0.29) is 17.3 Å². The highest BCUT2D eigenvalue weighted by Gasteiger charge is 2.40. The molecule has 0 amide bonds. The van der Waals surface area contributed by atoms with Crippen molar-refractivity contribution in [1.29, 1.82) is 0 Å². The van der Waals surface area contributed by atoms with E-state index in [0.29, 0.717) is 17.4 Å². The fraction of sp³-hybridized carbons (Fsp3) is 0.769. The monoisotopic (exact) mass is 288 g/mol. The van der Waals surface area contributed by atoms with Crippen molar-refractivity contribution in [2.24, 2.45) is 17.3 Å². The molecule has 16 heavy (non-hydrogen) atoms. The molecule has 0 bridgehead atoms. The standard InChI is InChI=1S/C13H21BrO2/c1-8(2)12(15)16-7-10-11(14)9(3)6-13(10,4)5/h6,8,10-11H,7H2,1-5H3. The van der Waals surface area contributed by atoms with Crippen molar-refractivity contribution in [3.8, 4) is 0 Å². The van der Waals surface area contributed by atoms with Gasteiger partial charge in [-0.05, 0) is 12.3 Å². The highest BCUT2D eigenvalue weighted by molar-refractivity contribution is 9.09. The van der Waals surface area contributed by atoms with E-state index in [0.717, 1.165) is 0 Å². The summed E-state index contributed by atoms with van der Waals surface area (Å²) in [5.41, 5.74) is 1.42. The van der Waals surface area contributed by atoms with Crippen LogP contribution in [0.5, 0.6) is 0 Å². The third kappa shape index (κ3) is 2.88. The Hall–Kier alpha value is -0.310. The minimum Gasteiger partial charge on any atom is -0.465 e. The Labute approximate surface area is 107 Å². The van der Waals surface area contributed by atoms with Gasteiger partial charge in [-0.3, -0.25) is 4.79 Å². The second kappa shape index (κ2) is 4.91. The van der Waals surface area contributed by atoms with Crippen LogP contribution in [0.25, 0.3) is 0 Å². The van der Waals surface area contributed by atoms with Crippen molar-refractivity contribution < 1.29 is 9.53 Å². The Morgan fingerprint density at radius 1 is 1.56 bits per heavy atom. The van der Waals surface area contributed by atoms with Crippen molar-refractivity contribution in [2.75, 3.05) is 6.61 Å². The van der Waals surface area contributed by atoms with E-state index >= 15 is 0 Å². The lowest BCUT2D eigenvalue weighted by Gasteiger charge is -2.28. The molecule has 0 spiro atoms. The Morgan fingerprint density at radius 2 is 2.12 bits per heavy atom. The van der Waals surface area contributed by atoms with Crippen LogP contribution < -0.4 is 0 Å². The second-order valence-electron chi connectivity index (χ2n) is 5.50. The number of hydrogen-bond acceptors (Lipinski definition) is 2. The first-order chi connectivity index (χ1) is 7.25. The highest BCUT2D eigenvalue weighted by Crippen LogP contribution is 2.44. The van der Waals surface area contributed by atoms with Gasteiger partial charge in [-0.15, -0.1) is 0 Å². The molecule has 1 aliphatic rings. The predicted molar refractivity (Wildman–Crippen MR) is 69.5 cm³/mol. The van der Waals surface area contributed by atoms with E-state index in [1.807, 2.05) is 13.8 Å². The molecule has 0 aliphatic heterocycles. The van der Waals surface area contributed by atoms with Crippen LogP contribution in [0.2, 0.25) is 0 Å². The fourth-order valence-corrected chi connectivity index (χ4v) is 3.07. The zero-order valence-electron chi connectivity index (χ0n) is 10.7. The molecule has 0 aromatic heterocycles. The van der Waals surface area contributed by atoms with Gasteiger partial charge in [0.05, 0.1) is 12.5 Å². The SMILES string of the molecule is CC1=CC(C)(C)C(COC(=O)C(C)C)C1Br. The molecular weight excluding hydrogens is 268 g/mol. The molecule has 0 aromatic rings. The molecule has 0 saturated carbocycles. The number of alkyl halides is 1. The third-order valence-corrected chi connectivity index (χ3v) is 4.58. The van der Waals surface area contributed by atoms with Crippen LogP contribution in [0, 0.1) is 17.3 Å². The number of esters is 1. The molecule has 2 nitrogen and oxygen atoms in total. The maximum atomic E-state index is 11.4. The first-order valence-electron chi connectivity index (χ1n) is 5.75. The first kappa shape index (κ1) is 13.8. The fourth-order valence-electron chi connectivity index (χ4n) is 2.11. The summed E-state index contributed by atoms with van der Waals surface area (Å²) in [6.45, 7) is 10.7. The van der Waals surface area contributed by atoms with Crippen molar-refractivity contribution in [3.05, 3.63) is 11.6 Å². The van der Waals surface area contributed by atoms with E-state index in [1.165, 1.54) is 5.57 Å². The minimum atomic E-state index is -0.111. The molecule has 0 saturated heterocycles. The number of allylic oxidation sites excluding steroid dienone is 2. The Kier molecular flexibility index (Phi) is 4.22. The second-order valence-corrected chi connectivity index (χ2v) is 6.49. The molecular formula is C13H21BrO2. The smallest absolute Gasteiger partial charge is 0.308 e. The lowest BCUT2D eigenvalue weighted by molar-refractivity contribution is -0.149. The van der Waals surface area contributed by atoms with Crippen molar-refractivity contribution in [3.63, 3.8) is 0 Å². The number of carbonyl (C=O) groups is 1. The molecule has 3 heteroatoms. The maximum absolute atomic E-state index is 11.4. The van der Waals surface area contributed by atoms with Gasteiger partial charge in [0.15, 0.2) is 0 Å². The van der Waals surface area contributed by atoms with Crippen LogP contribution in [0.15, 0.2) is 11.6 Å². The summed E-state index contributed by atoms with van der Waals surface area (Å²) in [7, 11) is 0. The first-order valence-corrected chi connectivity index (χ1v) is 6.67. The van der Waals surface area contributed by atoms with Gasteiger partial charge in [0.25, 0.3) is 0 Å². The highest BCUT2D eigenvalue weighted by atomic mass is 79.9. The normalized spacial score (nSPS) is 28.1. The zero-order valence-corrected chi connectivity index (χ0v) is 12.3. The van der Waals surface area contributed by atoms with Crippen LogP contribution in [-0.4, -0.2) is 17.4 Å². The van der Waals surface area contributed by atoms with Gasteiger partial charge in [-0.2, -0.15) is 0 Å². The largest absolute Gasteiger partial charge is 0.465 e. The zero-order chi connectivity index (χ0) is 12.5. The Morgan fingerprint density at radius 3 is 2.50 bits per heavy atom. The summed E-state index contributed by atoms with van der Waals surface area (Å²) in [6, 6.07) is 0. The molecule has 0 radical (unpaired) electrons. The number of rotatable bonds is 3. The number of hydrogen-bond donors (Lipinski definition) is 0. The van der Waals surface area contributed by atoms with E-state index in [2.05, 4.69) is 42.8 Å². The summed E-state index contributed by atoms with van der Waals surface area (Å²) < 4.78 is 5.34. The molecule has 1 aliphatic carbocycles. The molecule has 0 N–H and O–H groups in total. The Balaban J connectivity index is 2.59. The molecule has 2 unspecified atom stereocenters. The van der Waals surface area contributed by atoms with Gasteiger partial charge >= 0.3 is 5.97 Å². The Bertz CT molecular complexity index is 305. The lowest BCUT2D eigenvalue weighted by atomic mass is 9.82. The summed E-state index contributed by atoms with van der Waals surface area (Å²) in [5, 5.41) is 0. The third-order valence-electron chi connectivity index (χ3n) is 3.22. The summed E-state index contributed by atoms with van der Waals surface area (Å²) in [4.78, 5) is 11.8. The number of carbonyl (C=O) groups excluding carboxylic acids is 1. The average molecular weight is 289 g/mol. The molecule has 0 fully saturated rings. The maximum Gasteiger partial charge on any atom is 0.308 e. The van der Waals surface area contributed by atoms with Crippen molar-refractivity contribution >= 4 is 21.9 Å². The van der Waals surface area contributed by atoms with Gasteiger partial charge in [0, 0.05) is 10.7 Å². The predicted octanol–water partition coefficient (Wildman–Crippen LogP) is 3.55. The van der Waals surface area contributed by atoms with Crippen LogP contribution in [0.4, 0.5) is 0 Å². The van der Waals surface area contributed by atoms with Gasteiger partial charge in [-0.25, -0.2) is 0 Å². The molecule has 1 rings (SSSR count). The number of halogens is 1. The van der Waals surface area contributed by atoms with Crippen molar-refractivity contribution in [2.45, 2.75) is 39.4 Å². The minimum absolute atomic E-state index is 0.0488. The van der Waals surface area contributed by atoms with Crippen LogP contribution in [0.1, 0.15) is 34.6 Å². The van der Waals surface area contributed by atoms with Gasteiger partial charge in [0.2, 0.25) is 0 Å². The summed E-state index contributed by atoms with van der Waals surface area (Å²) in [5.74, 6) is 0.169. The van der Waals surface area contributed by atoms with Crippen LogP contribution in [0.3, 0.4) is 0 Å². The number of ether oxygens (including phenoxy) is 1. The van der Waals surface area contributed by atoms with Gasteiger partial charge < -0.3 is 4.74 Å². The molecule has 0 heterocycles. The quantitative estimate of drug-likeness (QED) is 0.451. The molecule has 0 aromatic carbocycles. The average Bonchev–Trinajstić information content (AvgIpc) is 2.33. The van der Waals surface area contributed by atoms with Crippen molar-refractivity contribution in [1.82, 2.24) is 0 Å². The van der Waals surface area contributed by atoms with E-state index < -0.39 is 0 Å². The van der Waals surface area contributed by atoms with Crippen LogP contribution >= 0.6 is 15.9 Å². The van der Waals surface area contributed by atoms with E-state index in [4.69, 9.17) is 4.74 Å². The summed E-state index contributed by atoms with van der Waals surface area (Å²) >= 11 is 3.67. The van der Waals surface area contributed by atoms with Crippen LogP contribution in [-0.2, 0) is 9.53 Å². The lowest BCUT2D eigenvalue weighted by Crippen LogP contribution is -2.30. The molecule has 2 atom stereocenters. The van der Waals surface area contributed by atoms with Gasteiger partial charge in [0.1, 0.15) is 0 Å².